The molecule has 4 aliphatic rings. The van der Waals surface area contributed by atoms with Crippen LogP contribution in [-0.4, -0.2) is 23.9 Å². The van der Waals surface area contributed by atoms with Gasteiger partial charge in [0, 0.05) is 11.4 Å². The lowest BCUT2D eigenvalue weighted by molar-refractivity contribution is 0.0425. The van der Waals surface area contributed by atoms with E-state index in [0.29, 0.717) is 0 Å². The van der Waals surface area contributed by atoms with Crippen LogP contribution in [-0.2, 0) is 20.3 Å². The molecule has 8 aromatic rings. The van der Waals surface area contributed by atoms with Crippen molar-refractivity contribution in [1.82, 2.24) is 0 Å². The number of benzene rings is 8. The lowest BCUT2D eigenvalue weighted by atomic mass is 9.67. The predicted molar refractivity (Wildman–Crippen MR) is 236 cm³/mol. The summed E-state index contributed by atoms with van der Waals surface area (Å²) in [6, 6.07) is 60.0. The number of ether oxygens (including phenoxy) is 2. The molecule has 296 valence electrons. The first-order valence-corrected chi connectivity index (χ1v) is 20.1. The Morgan fingerprint density at radius 2 is 0.565 bits per heavy atom. The number of esters is 4. The molecule has 0 spiro atoms. The van der Waals surface area contributed by atoms with Crippen LogP contribution in [0.15, 0.2) is 182 Å². The van der Waals surface area contributed by atoms with Gasteiger partial charge in [-0.25, -0.2) is 19.2 Å². The van der Waals surface area contributed by atoms with Crippen molar-refractivity contribution in [3.8, 4) is 22.3 Å². The number of fused-ring (bicyclic) bond motifs is 8. The first-order chi connectivity index (χ1) is 30.2. The van der Waals surface area contributed by atoms with Crippen LogP contribution in [0.4, 0.5) is 11.4 Å². The fourth-order valence-electron chi connectivity index (χ4n) is 10.2. The Bertz CT molecular complexity index is 3020. The highest BCUT2D eigenvalue weighted by atomic mass is 16.6. The SMILES string of the molecule is Nc1ccc(C2(c3ccc(N)cc3)c3ccccc3-c3ccccc32)cc1.O=C1OC(=O)c2cc(C3(c4ccc5c(c4)C(=O)OC5=O)c4ccccc4-c4ccccc43)ccc21. The minimum atomic E-state index is -0.922. The van der Waals surface area contributed by atoms with Gasteiger partial charge in [-0.05, 0) is 115 Å². The molecule has 0 saturated heterocycles. The van der Waals surface area contributed by atoms with E-state index >= 15 is 0 Å². The third-order valence-corrected chi connectivity index (χ3v) is 12.7. The summed E-state index contributed by atoms with van der Waals surface area (Å²) in [7, 11) is 0. The van der Waals surface area contributed by atoms with Gasteiger partial charge in [-0.2, -0.15) is 0 Å². The van der Waals surface area contributed by atoms with Gasteiger partial charge in [-0.15, -0.1) is 0 Å². The third kappa shape index (κ3) is 5.07. The summed E-state index contributed by atoms with van der Waals surface area (Å²) in [5.74, 6) is -2.72. The summed E-state index contributed by atoms with van der Waals surface area (Å²) in [6.07, 6.45) is 0. The number of nitrogen functional groups attached to an aromatic ring is 2. The van der Waals surface area contributed by atoms with Gasteiger partial charge in [0.1, 0.15) is 0 Å². The van der Waals surface area contributed by atoms with Crippen LogP contribution in [0.1, 0.15) is 85.9 Å². The van der Waals surface area contributed by atoms with Crippen molar-refractivity contribution in [2.24, 2.45) is 0 Å². The first-order valence-electron chi connectivity index (χ1n) is 20.1. The molecule has 12 rings (SSSR count). The maximum atomic E-state index is 12.5. The summed E-state index contributed by atoms with van der Waals surface area (Å²) in [5, 5.41) is 0. The molecule has 0 aromatic heterocycles. The molecule has 0 amide bonds. The highest BCUT2D eigenvalue weighted by Crippen LogP contribution is 2.58. The Morgan fingerprint density at radius 3 is 0.903 bits per heavy atom. The van der Waals surface area contributed by atoms with E-state index in [-0.39, 0.29) is 27.7 Å². The number of hydrogen-bond acceptors (Lipinski definition) is 8. The number of rotatable bonds is 4. The van der Waals surface area contributed by atoms with Crippen molar-refractivity contribution >= 4 is 35.3 Å². The number of carbonyl (C=O) groups is 4. The molecule has 8 nitrogen and oxygen atoms in total. The lowest BCUT2D eigenvalue weighted by Crippen LogP contribution is -2.29. The standard InChI is InChI=1S/C29H14O6.C25H20N2/c30-25-19-11-9-15(13-21(19)27(32)34-25)29(16-10-12-20-22(14-16)28(33)35-26(20)31)23-7-3-1-5-17(23)18-6-2-4-8-24(18)29;26-19-13-9-17(10-14-19)25(18-11-15-20(27)16-12-18)23-7-3-1-5-21(23)22-6-2-4-8-24(22)25/h1-14H;1-16H,26-27H2. The number of nitrogens with two attached hydrogens (primary N) is 2. The van der Waals surface area contributed by atoms with Crippen molar-refractivity contribution in [2.75, 3.05) is 11.5 Å². The maximum absolute atomic E-state index is 12.5. The van der Waals surface area contributed by atoms with Crippen molar-refractivity contribution in [3.05, 3.63) is 249 Å². The van der Waals surface area contributed by atoms with E-state index < -0.39 is 29.3 Å². The predicted octanol–water partition coefficient (Wildman–Crippen LogP) is 9.88. The van der Waals surface area contributed by atoms with Gasteiger partial charge >= 0.3 is 23.9 Å². The average Bonchev–Trinajstić information content (AvgIpc) is 3.98. The summed E-state index contributed by atoms with van der Waals surface area (Å²) >= 11 is 0. The van der Waals surface area contributed by atoms with Crippen LogP contribution in [0, 0.1) is 0 Å². The Balaban J connectivity index is 0.000000144. The second-order valence-corrected chi connectivity index (χ2v) is 15.8. The fourth-order valence-corrected chi connectivity index (χ4v) is 10.2. The van der Waals surface area contributed by atoms with Gasteiger partial charge in [-0.3, -0.25) is 0 Å². The quantitative estimate of drug-likeness (QED) is 0.102. The molecule has 2 aliphatic heterocycles. The van der Waals surface area contributed by atoms with E-state index in [1.165, 1.54) is 33.4 Å². The molecule has 8 aromatic carbocycles. The zero-order chi connectivity index (χ0) is 42.3. The summed E-state index contributed by atoms with van der Waals surface area (Å²) in [6.45, 7) is 0. The zero-order valence-corrected chi connectivity index (χ0v) is 32.9. The van der Waals surface area contributed by atoms with Crippen LogP contribution in [0.5, 0.6) is 0 Å². The number of anilines is 2. The molecule has 0 unspecified atom stereocenters. The topological polar surface area (TPSA) is 139 Å². The summed E-state index contributed by atoms with van der Waals surface area (Å²) < 4.78 is 9.67. The van der Waals surface area contributed by atoms with Gasteiger partial charge in [0.25, 0.3) is 0 Å². The second kappa shape index (κ2) is 13.6. The Morgan fingerprint density at radius 1 is 0.290 bits per heavy atom. The van der Waals surface area contributed by atoms with E-state index in [0.717, 1.165) is 44.8 Å². The molecule has 62 heavy (non-hydrogen) atoms. The van der Waals surface area contributed by atoms with Gasteiger partial charge in [0.05, 0.1) is 33.1 Å². The normalized spacial score (nSPS) is 15.2. The summed E-state index contributed by atoms with van der Waals surface area (Å²) in [5.41, 5.74) is 26.0. The largest absolute Gasteiger partial charge is 0.399 e. The van der Waals surface area contributed by atoms with Crippen LogP contribution >= 0.6 is 0 Å². The highest BCUT2D eigenvalue weighted by Gasteiger charge is 2.49. The highest BCUT2D eigenvalue weighted by molar-refractivity contribution is 6.16. The molecular weight excluding hydrogens is 773 g/mol. The molecule has 2 aliphatic carbocycles. The molecule has 8 heteroatoms. The van der Waals surface area contributed by atoms with Crippen LogP contribution < -0.4 is 11.5 Å². The number of hydrogen-bond donors (Lipinski definition) is 2. The van der Waals surface area contributed by atoms with Crippen LogP contribution in [0.2, 0.25) is 0 Å². The van der Waals surface area contributed by atoms with E-state index in [9.17, 15) is 19.2 Å². The van der Waals surface area contributed by atoms with Crippen molar-refractivity contribution in [1.29, 1.82) is 0 Å². The Kier molecular flexibility index (Phi) is 8.04. The minimum absolute atomic E-state index is 0.199. The first kappa shape index (κ1) is 36.7. The van der Waals surface area contributed by atoms with Crippen molar-refractivity contribution in [3.63, 3.8) is 0 Å². The van der Waals surface area contributed by atoms with Crippen molar-refractivity contribution < 1.29 is 28.7 Å². The molecule has 0 fully saturated rings. The number of cyclic esters (lactones) is 4. The molecule has 0 saturated carbocycles. The second-order valence-electron chi connectivity index (χ2n) is 15.8. The van der Waals surface area contributed by atoms with Gasteiger partial charge in [0.15, 0.2) is 0 Å². The third-order valence-electron chi connectivity index (χ3n) is 12.7. The zero-order valence-electron chi connectivity index (χ0n) is 32.9. The van der Waals surface area contributed by atoms with Gasteiger partial charge in [0.2, 0.25) is 0 Å². The average molecular weight is 807 g/mol. The van der Waals surface area contributed by atoms with Crippen LogP contribution in [0.3, 0.4) is 0 Å². The molecule has 4 N–H and O–H groups in total. The Hall–Kier alpha value is -8.36. The van der Waals surface area contributed by atoms with E-state index in [1.807, 2.05) is 84.9 Å². The molecule has 2 heterocycles. The molecular formula is C54H34N2O6. The smallest absolute Gasteiger partial charge is 0.346 e. The van der Waals surface area contributed by atoms with Crippen LogP contribution in [0.25, 0.3) is 22.3 Å². The van der Waals surface area contributed by atoms with Gasteiger partial charge in [-0.1, -0.05) is 133 Å². The minimum Gasteiger partial charge on any atom is -0.399 e. The van der Waals surface area contributed by atoms with E-state index in [2.05, 4.69) is 72.8 Å². The van der Waals surface area contributed by atoms with Gasteiger partial charge < -0.3 is 20.9 Å². The maximum Gasteiger partial charge on any atom is 0.346 e. The van der Waals surface area contributed by atoms with Crippen molar-refractivity contribution in [2.45, 2.75) is 10.8 Å². The van der Waals surface area contributed by atoms with E-state index in [1.54, 1.807) is 24.3 Å². The molecule has 0 radical (unpaired) electrons. The summed E-state index contributed by atoms with van der Waals surface area (Å²) in [4.78, 5) is 49.2. The molecule has 0 atom stereocenters. The van der Waals surface area contributed by atoms with E-state index in [4.69, 9.17) is 20.9 Å². The molecule has 0 bridgehead atoms. The number of carbonyl (C=O) groups excluding carboxylic acids is 4. The monoisotopic (exact) mass is 806 g/mol. The fraction of sp³-hybridized carbons (Fsp3) is 0.0370. The Labute approximate surface area is 356 Å². The lowest BCUT2D eigenvalue weighted by Gasteiger charge is -2.34.